The van der Waals surface area contributed by atoms with Gasteiger partial charge in [0.25, 0.3) is 5.91 Å². The van der Waals surface area contributed by atoms with Crippen LogP contribution in [0.25, 0.3) is 0 Å². The molecule has 1 aromatic rings. The van der Waals surface area contributed by atoms with Gasteiger partial charge in [0.1, 0.15) is 0 Å². The first-order valence-electron chi connectivity index (χ1n) is 6.68. The largest absolute Gasteiger partial charge is 0.352 e. The molecule has 0 bridgehead atoms. The number of hydrogen-bond acceptors (Lipinski definition) is 2. The van der Waals surface area contributed by atoms with Gasteiger partial charge in [0.15, 0.2) is 0 Å². The Bertz CT molecular complexity index is 473. The molecule has 1 aliphatic rings. The number of carbonyl (C=O) groups excluding carboxylic acids is 1. The summed E-state index contributed by atoms with van der Waals surface area (Å²) in [7, 11) is 2.33. The Morgan fingerprint density at radius 2 is 2.11 bits per heavy atom. The van der Waals surface area contributed by atoms with Crippen LogP contribution in [0.4, 0.5) is 0 Å². The topological polar surface area (TPSA) is 32.3 Å². The van der Waals surface area contributed by atoms with Crippen molar-refractivity contribution in [2.45, 2.75) is 19.4 Å². The summed E-state index contributed by atoms with van der Waals surface area (Å²) in [4.78, 5) is 13.8. The maximum atomic E-state index is 11.3. The minimum atomic E-state index is -0.0750. The number of nitrogens with zero attached hydrogens (tertiary/aromatic N) is 1. The highest BCUT2D eigenvalue weighted by molar-refractivity contribution is 7.24. The highest BCUT2D eigenvalue weighted by atomic mass is 31.0. The van der Waals surface area contributed by atoms with E-state index in [1.165, 1.54) is 11.1 Å². The molecule has 0 radical (unpaired) electrons. The van der Waals surface area contributed by atoms with Gasteiger partial charge >= 0.3 is 0 Å². The standard InChI is InChI=1S/C15H21N2OP/c1-12(19)15(18)16-8-4-9-17-10-7-13-5-2-3-6-14(13)11-17/h2-3,5-6H,1,4,7-11,19H2,(H,16,18). The van der Waals surface area contributed by atoms with Gasteiger partial charge < -0.3 is 5.32 Å². The second-order valence-corrected chi connectivity index (χ2v) is 5.63. The third-order valence-electron chi connectivity index (χ3n) is 3.44. The lowest BCUT2D eigenvalue weighted by Crippen LogP contribution is -2.33. The van der Waals surface area contributed by atoms with Crippen LogP contribution in [-0.2, 0) is 17.8 Å². The normalized spacial score (nSPS) is 14.8. The minimum absolute atomic E-state index is 0.0750. The van der Waals surface area contributed by atoms with Crippen molar-refractivity contribution in [1.29, 1.82) is 0 Å². The molecule has 0 saturated heterocycles. The lowest BCUT2D eigenvalue weighted by atomic mass is 10.00. The molecule has 0 spiro atoms. The van der Waals surface area contributed by atoms with Gasteiger partial charge in [0.05, 0.1) is 0 Å². The lowest BCUT2D eigenvalue weighted by molar-refractivity contribution is -0.116. The van der Waals surface area contributed by atoms with Crippen LogP contribution in [0.1, 0.15) is 17.5 Å². The molecule has 19 heavy (non-hydrogen) atoms. The summed E-state index contributed by atoms with van der Waals surface area (Å²) in [5.74, 6) is -0.0750. The summed E-state index contributed by atoms with van der Waals surface area (Å²) in [6.45, 7) is 7.47. The zero-order valence-corrected chi connectivity index (χ0v) is 12.3. The summed E-state index contributed by atoms with van der Waals surface area (Å²) >= 11 is 0. The minimum Gasteiger partial charge on any atom is -0.352 e. The number of fused-ring (bicyclic) bond motifs is 1. The molecule has 0 aromatic heterocycles. The van der Waals surface area contributed by atoms with E-state index in [0.717, 1.165) is 32.5 Å². The Balaban J connectivity index is 1.71. The molecule has 0 fully saturated rings. The fraction of sp³-hybridized carbons (Fsp3) is 0.400. The van der Waals surface area contributed by atoms with E-state index in [0.29, 0.717) is 11.9 Å². The van der Waals surface area contributed by atoms with Crippen LogP contribution in [0.5, 0.6) is 0 Å². The molecule has 1 N–H and O–H groups in total. The fourth-order valence-electron chi connectivity index (χ4n) is 2.36. The van der Waals surface area contributed by atoms with Crippen LogP contribution in [0.2, 0.25) is 0 Å². The average Bonchev–Trinajstić information content (AvgIpc) is 2.43. The number of hydrogen-bond donors (Lipinski definition) is 1. The van der Waals surface area contributed by atoms with Crippen LogP contribution >= 0.6 is 9.24 Å². The Labute approximate surface area is 117 Å². The first-order valence-corrected chi connectivity index (χ1v) is 7.26. The number of amides is 1. The van der Waals surface area contributed by atoms with Crippen LogP contribution in [0, 0.1) is 0 Å². The molecule has 4 heteroatoms. The molecule has 0 aliphatic carbocycles. The summed E-state index contributed by atoms with van der Waals surface area (Å²) in [6, 6.07) is 8.64. The molecule has 2 rings (SSSR count). The predicted octanol–water partition coefficient (Wildman–Crippen LogP) is 1.94. The van der Waals surface area contributed by atoms with Crippen molar-refractivity contribution in [3.05, 3.63) is 47.3 Å². The SMILES string of the molecule is C=C(P)C(=O)NCCCN1CCc2ccccc2C1. The van der Waals surface area contributed by atoms with Gasteiger partial charge in [-0.25, -0.2) is 0 Å². The molecule has 0 saturated carbocycles. The maximum absolute atomic E-state index is 11.3. The quantitative estimate of drug-likeness (QED) is 0.506. The van der Waals surface area contributed by atoms with Crippen molar-refractivity contribution in [1.82, 2.24) is 10.2 Å². The average molecular weight is 276 g/mol. The van der Waals surface area contributed by atoms with Crippen molar-refractivity contribution in [2.24, 2.45) is 0 Å². The van der Waals surface area contributed by atoms with Gasteiger partial charge in [-0.1, -0.05) is 30.8 Å². The first-order chi connectivity index (χ1) is 9.16. The summed E-state index contributed by atoms with van der Waals surface area (Å²) in [5, 5.41) is 3.35. The van der Waals surface area contributed by atoms with Crippen LogP contribution < -0.4 is 5.32 Å². The Kier molecular flexibility index (Phi) is 5.12. The van der Waals surface area contributed by atoms with Crippen LogP contribution in [0.3, 0.4) is 0 Å². The number of nitrogens with one attached hydrogen (secondary N) is 1. The van der Waals surface area contributed by atoms with Gasteiger partial charge in [0, 0.05) is 31.5 Å². The van der Waals surface area contributed by atoms with Gasteiger partial charge in [-0.3, -0.25) is 9.69 Å². The molecular formula is C15H21N2OP. The van der Waals surface area contributed by atoms with E-state index < -0.39 is 0 Å². The smallest absolute Gasteiger partial charge is 0.250 e. The van der Waals surface area contributed by atoms with E-state index in [9.17, 15) is 4.79 Å². The lowest BCUT2D eigenvalue weighted by Gasteiger charge is -2.28. The van der Waals surface area contributed by atoms with Gasteiger partial charge in [0.2, 0.25) is 0 Å². The Morgan fingerprint density at radius 3 is 2.84 bits per heavy atom. The number of benzene rings is 1. The molecule has 1 aromatic carbocycles. The molecule has 3 nitrogen and oxygen atoms in total. The van der Waals surface area contributed by atoms with Crippen molar-refractivity contribution < 1.29 is 4.79 Å². The third kappa shape index (κ3) is 4.15. The zero-order chi connectivity index (χ0) is 13.7. The van der Waals surface area contributed by atoms with E-state index in [1.807, 2.05) is 0 Å². The van der Waals surface area contributed by atoms with Gasteiger partial charge in [-0.05, 0) is 24.0 Å². The summed E-state index contributed by atoms with van der Waals surface area (Å²) in [6.07, 6.45) is 2.11. The molecular weight excluding hydrogens is 255 g/mol. The molecule has 102 valence electrons. The van der Waals surface area contributed by atoms with E-state index >= 15 is 0 Å². The second kappa shape index (κ2) is 6.83. The highest BCUT2D eigenvalue weighted by Crippen LogP contribution is 2.18. The molecule has 1 amide bonds. The summed E-state index contributed by atoms with van der Waals surface area (Å²) < 4.78 is 0. The van der Waals surface area contributed by atoms with E-state index in [4.69, 9.17) is 0 Å². The van der Waals surface area contributed by atoms with Crippen LogP contribution in [-0.4, -0.2) is 30.4 Å². The molecule has 1 heterocycles. The number of rotatable bonds is 5. The third-order valence-corrected chi connectivity index (χ3v) is 3.70. The van der Waals surface area contributed by atoms with E-state index in [1.54, 1.807) is 0 Å². The van der Waals surface area contributed by atoms with E-state index in [2.05, 4.69) is 50.3 Å². The summed E-state index contributed by atoms with van der Waals surface area (Å²) in [5.41, 5.74) is 2.92. The first kappa shape index (κ1) is 14.2. The van der Waals surface area contributed by atoms with Crippen molar-refractivity contribution in [3.63, 3.8) is 0 Å². The zero-order valence-electron chi connectivity index (χ0n) is 11.2. The molecule has 1 unspecified atom stereocenters. The van der Waals surface area contributed by atoms with Gasteiger partial charge in [-0.2, -0.15) is 0 Å². The van der Waals surface area contributed by atoms with Crippen molar-refractivity contribution in [3.8, 4) is 0 Å². The van der Waals surface area contributed by atoms with E-state index in [-0.39, 0.29) is 5.91 Å². The van der Waals surface area contributed by atoms with Crippen molar-refractivity contribution >= 4 is 15.1 Å². The maximum Gasteiger partial charge on any atom is 0.250 e. The highest BCUT2D eigenvalue weighted by Gasteiger charge is 2.14. The Hall–Kier alpha value is -1.18. The monoisotopic (exact) mass is 276 g/mol. The van der Waals surface area contributed by atoms with Crippen molar-refractivity contribution in [2.75, 3.05) is 19.6 Å². The predicted molar refractivity (Wildman–Crippen MR) is 81.9 cm³/mol. The molecule has 1 aliphatic heterocycles. The number of carbonyl (C=O) groups is 1. The second-order valence-electron chi connectivity index (χ2n) is 4.93. The van der Waals surface area contributed by atoms with Crippen LogP contribution in [0.15, 0.2) is 36.2 Å². The Morgan fingerprint density at radius 1 is 1.37 bits per heavy atom. The fourth-order valence-corrected chi connectivity index (χ4v) is 2.47. The molecule has 1 atom stereocenters. The van der Waals surface area contributed by atoms with Gasteiger partial charge in [-0.15, -0.1) is 9.24 Å².